The van der Waals surface area contributed by atoms with Crippen LogP contribution in [0.15, 0.2) is 48.5 Å². The fourth-order valence-electron chi connectivity index (χ4n) is 3.75. The van der Waals surface area contributed by atoms with Gasteiger partial charge in [-0.1, -0.05) is 95.0 Å². The number of carboxylic acid groups (broad SMARTS) is 1. The molecule has 0 amide bonds. The highest BCUT2D eigenvalue weighted by atomic mass is 16.4. The fraction of sp³-hybridized carbons (Fsp3) is 0.435. The first-order valence-corrected chi connectivity index (χ1v) is 9.63. The van der Waals surface area contributed by atoms with Crippen LogP contribution in [-0.4, -0.2) is 17.1 Å². The van der Waals surface area contributed by atoms with Gasteiger partial charge in [0.2, 0.25) is 0 Å². The van der Waals surface area contributed by atoms with Crippen LogP contribution in [0.1, 0.15) is 64.0 Å². The average molecular weight is 354 g/mol. The van der Waals surface area contributed by atoms with Crippen molar-refractivity contribution in [1.29, 1.82) is 0 Å². The highest BCUT2D eigenvalue weighted by Crippen LogP contribution is 2.51. The first-order valence-electron chi connectivity index (χ1n) is 9.63. The molecule has 0 heterocycles. The molecule has 3 nitrogen and oxygen atoms in total. The van der Waals surface area contributed by atoms with Crippen molar-refractivity contribution in [3.05, 3.63) is 59.7 Å². The van der Waals surface area contributed by atoms with Crippen molar-refractivity contribution in [2.75, 3.05) is 0 Å². The Morgan fingerprint density at radius 3 is 1.85 bits per heavy atom. The zero-order valence-electron chi connectivity index (χ0n) is 16.2. The number of unbranched alkanes of at least 4 members (excludes halogenated alkanes) is 3. The Balaban J connectivity index is 0.000000552. The molecule has 0 atom stereocenters. The van der Waals surface area contributed by atoms with Crippen molar-refractivity contribution < 1.29 is 9.90 Å². The lowest BCUT2D eigenvalue weighted by atomic mass is 9.74. The normalized spacial score (nSPS) is 13.6. The molecule has 0 unspecified atom stereocenters. The standard InChI is InChI=1S/C20H22O2.C3H9N/c1-2-3-4-9-14-20(19(21)22)17-12-7-5-10-15(17)16-11-6-8-13-18(16)20;1-3(2)4/h5-8,10-13H,2-4,9,14H2,1H3,(H,21,22);3H,4H2,1-2H3. The van der Waals surface area contributed by atoms with Crippen molar-refractivity contribution in [2.45, 2.75) is 64.3 Å². The maximum atomic E-state index is 12.3. The quantitative estimate of drug-likeness (QED) is 0.687. The molecule has 3 heteroatoms. The summed E-state index contributed by atoms with van der Waals surface area (Å²) in [4.78, 5) is 12.3. The number of rotatable bonds is 6. The smallest absolute Gasteiger partial charge is 0.318 e. The van der Waals surface area contributed by atoms with Crippen LogP contribution in [0.4, 0.5) is 0 Å². The molecule has 0 saturated carbocycles. The third-order valence-electron chi connectivity index (χ3n) is 4.83. The maximum Gasteiger partial charge on any atom is 0.318 e. The molecule has 0 fully saturated rings. The third kappa shape index (κ3) is 3.99. The number of aliphatic carboxylic acids is 1. The SMILES string of the molecule is CC(C)N.CCCCCCC1(C(=O)O)c2ccccc2-c2ccccc21. The molecule has 2 aromatic carbocycles. The van der Waals surface area contributed by atoms with E-state index in [1.165, 1.54) is 6.42 Å². The van der Waals surface area contributed by atoms with Crippen LogP contribution in [0, 0.1) is 0 Å². The Kier molecular flexibility index (Phi) is 6.98. The van der Waals surface area contributed by atoms with E-state index >= 15 is 0 Å². The molecule has 0 aliphatic heterocycles. The molecule has 0 aromatic heterocycles. The van der Waals surface area contributed by atoms with Crippen LogP contribution >= 0.6 is 0 Å². The van der Waals surface area contributed by atoms with E-state index in [9.17, 15) is 9.90 Å². The summed E-state index contributed by atoms with van der Waals surface area (Å²) in [7, 11) is 0. The van der Waals surface area contributed by atoms with Crippen molar-refractivity contribution in [1.82, 2.24) is 0 Å². The Bertz CT molecular complexity index is 688. The zero-order chi connectivity index (χ0) is 19.2. The van der Waals surface area contributed by atoms with E-state index in [0.29, 0.717) is 12.5 Å². The fourth-order valence-corrected chi connectivity index (χ4v) is 3.75. The van der Waals surface area contributed by atoms with Crippen LogP contribution in [0.25, 0.3) is 11.1 Å². The summed E-state index contributed by atoms with van der Waals surface area (Å²) in [6.45, 7) is 6.06. The van der Waals surface area contributed by atoms with Gasteiger partial charge in [-0.3, -0.25) is 4.79 Å². The minimum absolute atomic E-state index is 0.333. The van der Waals surface area contributed by atoms with Crippen molar-refractivity contribution in [2.24, 2.45) is 5.73 Å². The number of hydrogen-bond donors (Lipinski definition) is 2. The van der Waals surface area contributed by atoms with E-state index in [4.69, 9.17) is 5.73 Å². The molecule has 1 aliphatic carbocycles. The van der Waals surface area contributed by atoms with Gasteiger partial charge in [-0.05, 0) is 34.7 Å². The minimum atomic E-state index is -0.874. The summed E-state index contributed by atoms with van der Waals surface area (Å²) in [5.74, 6) is -0.721. The molecular formula is C23H31NO2. The van der Waals surface area contributed by atoms with E-state index in [0.717, 1.165) is 41.5 Å². The van der Waals surface area contributed by atoms with Crippen LogP contribution in [-0.2, 0) is 10.2 Å². The van der Waals surface area contributed by atoms with Gasteiger partial charge in [0.1, 0.15) is 5.41 Å². The van der Waals surface area contributed by atoms with Gasteiger partial charge in [0.15, 0.2) is 0 Å². The van der Waals surface area contributed by atoms with E-state index < -0.39 is 11.4 Å². The van der Waals surface area contributed by atoms with Crippen LogP contribution < -0.4 is 5.73 Å². The second kappa shape index (κ2) is 9.00. The van der Waals surface area contributed by atoms with Crippen molar-refractivity contribution >= 4 is 5.97 Å². The number of carboxylic acids is 1. The monoisotopic (exact) mass is 353 g/mol. The lowest BCUT2D eigenvalue weighted by Gasteiger charge is -2.27. The van der Waals surface area contributed by atoms with E-state index in [2.05, 4.69) is 6.92 Å². The van der Waals surface area contributed by atoms with Gasteiger partial charge in [0.05, 0.1) is 0 Å². The van der Waals surface area contributed by atoms with Gasteiger partial charge in [0, 0.05) is 0 Å². The number of carbonyl (C=O) groups is 1. The second-order valence-corrected chi connectivity index (χ2v) is 7.36. The summed E-state index contributed by atoms with van der Waals surface area (Å²) in [6, 6.07) is 16.3. The zero-order valence-corrected chi connectivity index (χ0v) is 16.2. The summed E-state index contributed by atoms with van der Waals surface area (Å²) in [6.07, 6.45) is 5.04. The number of benzene rings is 2. The van der Waals surface area contributed by atoms with Crippen LogP contribution in [0.2, 0.25) is 0 Å². The van der Waals surface area contributed by atoms with Crippen molar-refractivity contribution in [3.8, 4) is 11.1 Å². The molecule has 3 N–H and O–H groups in total. The minimum Gasteiger partial charge on any atom is -0.480 e. The van der Waals surface area contributed by atoms with Crippen LogP contribution in [0.3, 0.4) is 0 Å². The summed E-state index contributed by atoms with van der Waals surface area (Å²) in [5.41, 5.74) is 8.31. The van der Waals surface area contributed by atoms with Gasteiger partial charge in [0.25, 0.3) is 0 Å². The maximum absolute atomic E-state index is 12.3. The molecule has 3 rings (SSSR count). The lowest BCUT2D eigenvalue weighted by molar-refractivity contribution is -0.142. The highest BCUT2D eigenvalue weighted by Gasteiger charge is 2.48. The highest BCUT2D eigenvalue weighted by molar-refractivity contribution is 5.97. The molecule has 1 aliphatic rings. The number of nitrogens with two attached hydrogens (primary N) is 1. The van der Waals surface area contributed by atoms with Gasteiger partial charge in [-0.15, -0.1) is 0 Å². The van der Waals surface area contributed by atoms with E-state index in [1.54, 1.807) is 0 Å². The summed E-state index contributed by atoms with van der Waals surface area (Å²) < 4.78 is 0. The first kappa shape index (κ1) is 20.2. The molecule has 0 bridgehead atoms. The first-order chi connectivity index (χ1) is 12.4. The molecular weight excluding hydrogens is 322 g/mol. The number of fused-ring (bicyclic) bond motifs is 3. The Hall–Kier alpha value is -2.13. The van der Waals surface area contributed by atoms with Gasteiger partial charge >= 0.3 is 5.97 Å². The molecule has 140 valence electrons. The molecule has 0 spiro atoms. The predicted molar refractivity (Wildman–Crippen MR) is 108 cm³/mol. The Labute approximate surface area is 157 Å². The number of hydrogen-bond acceptors (Lipinski definition) is 2. The molecule has 0 radical (unpaired) electrons. The average Bonchev–Trinajstić information content (AvgIpc) is 2.90. The lowest BCUT2D eigenvalue weighted by Crippen LogP contribution is -2.35. The van der Waals surface area contributed by atoms with E-state index in [-0.39, 0.29) is 0 Å². The summed E-state index contributed by atoms with van der Waals surface area (Å²) in [5, 5.41) is 10.1. The van der Waals surface area contributed by atoms with E-state index in [1.807, 2.05) is 62.4 Å². The van der Waals surface area contributed by atoms with Crippen LogP contribution in [0.5, 0.6) is 0 Å². The molecule has 2 aromatic rings. The predicted octanol–water partition coefficient (Wildman–Crippen LogP) is 5.36. The Morgan fingerprint density at radius 1 is 0.962 bits per heavy atom. The van der Waals surface area contributed by atoms with Gasteiger partial charge in [-0.2, -0.15) is 0 Å². The van der Waals surface area contributed by atoms with Crippen molar-refractivity contribution in [3.63, 3.8) is 0 Å². The van der Waals surface area contributed by atoms with Gasteiger partial charge in [-0.25, -0.2) is 0 Å². The second-order valence-electron chi connectivity index (χ2n) is 7.36. The van der Waals surface area contributed by atoms with Gasteiger partial charge < -0.3 is 10.8 Å². The summed E-state index contributed by atoms with van der Waals surface area (Å²) >= 11 is 0. The topological polar surface area (TPSA) is 63.3 Å². The molecule has 0 saturated heterocycles. The Morgan fingerprint density at radius 2 is 1.42 bits per heavy atom. The molecule has 26 heavy (non-hydrogen) atoms. The largest absolute Gasteiger partial charge is 0.480 e. The third-order valence-corrected chi connectivity index (χ3v) is 4.83.